The van der Waals surface area contributed by atoms with Gasteiger partial charge in [-0.2, -0.15) is 0 Å². The first-order valence-electron chi connectivity index (χ1n) is 7.44. The molecule has 4 heteroatoms. The standard InChI is InChI=1S/C17H20FN3/c1-11-15-9-12(10-19-2)3-8-16(15)21-17(20-11)13-4-6-14(18)7-5-13/h4-7,12,19H,3,8-10H2,1-2H3. The highest BCUT2D eigenvalue weighted by atomic mass is 19.1. The van der Waals surface area contributed by atoms with E-state index < -0.39 is 0 Å². The molecule has 1 aliphatic rings. The molecule has 0 amide bonds. The Bertz CT molecular complexity index is 637. The van der Waals surface area contributed by atoms with E-state index in [1.54, 1.807) is 12.1 Å². The van der Waals surface area contributed by atoms with Crippen LogP contribution in [-0.4, -0.2) is 23.6 Å². The van der Waals surface area contributed by atoms with Crippen LogP contribution < -0.4 is 5.32 Å². The van der Waals surface area contributed by atoms with E-state index in [0.717, 1.165) is 42.8 Å². The minimum absolute atomic E-state index is 0.233. The van der Waals surface area contributed by atoms with Crippen LogP contribution in [0.4, 0.5) is 4.39 Å². The van der Waals surface area contributed by atoms with Gasteiger partial charge in [0.25, 0.3) is 0 Å². The number of rotatable bonds is 3. The SMILES string of the molecule is CNCC1CCc2nc(-c3ccc(F)cc3)nc(C)c2C1. The van der Waals surface area contributed by atoms with Gasteiger partial charge in [-0.15, -0.1) is 0 Å². The molecular weight excluding hydrogens is 265 g/mol. The molecule has 1 aliphatic carbocycles. The highest BCUT2D eigenvalue weighted by Crippen LogP contribution is 2.28. The first-order chi connectivity index (χ1) is 10.2. The fourth-order valence-electron chi connectivity index (χ4n) is 3.05. The van der Waals surface area contributed by atoms with Gasteiger partial charge >= 0.3 is 0 Å². The van der Waals surface area contributed by atoms with Crippen LogP contribution in [0, 0.1) is 18.7 Å². The molecule has 0 spiro atoms. The second kappa shape index (κ2) is 5.90. The summed E-state index contributed by atoms with van der Waals surface area (Å²) in [6.07, 6.45) is 3.21. The lowest BCUT2D eigenvalue weighted by molar-refractivity contribution is 0.433. The van der Waals surface area contributed by atoms with Gasteiger partial charge < -0.3 is 5.32 Å². The molecule has 1 heterocycles. The number of nitrogens with one attached hydrogen (secondary N) is 1. The van der Waals surface area contributed by atoms with E-state index >= 15 is 0 Å². The number of nitrogens with zero attached hydrogens (tertiary/aromatic N) is 2. The van der Waals surface area contributed by atoms with Gasteiger partial charge in [-0.1, -0.05) is 0 Å². The normalized spacial score (nSPS) is 17.6. The van der Waals surface area contributed by atoms with Crippen LogP contribution in [0.25, 0.3) is 11.4 Å². The Morgan fingerprint density at radius 2 is 2.00 bits per heavy atom. The molecule has 110 valence electrons. The molecule has 1 atom stereocenters. The number of aromatic nitrogens is 2. The van der Waals surface area contributed by atoms with Gasteiger partial charge in [0.1, 0.15) is 5.82 Å². The van der Waals surface area contributed by atoms with Gasteiger partial charge in [0.05, 0.1) is 0 Å². The second-order valence-electron chi connectivity index (χ2n) is 5.73. The first-order valence-corrected chi connectivity index (χ1v) is 7.44. The number of halogens is 1. The van der Waals surface area contributed by atoms with Crippen molar-refractivity contribution in [3.63, 3.8) is 0 Å². The van der Waals surface area contributed by atoms with Crippen LogP contribution in [0.15, 0.2) is 24.3 Å². The Labute approximate surface area is 124 Å². The molecule has 3 rings (SSSR count). The van der Waals surface area contributed by atoms with Crippen molar-refractivity contribution in [1.82, 2.24) is 15.3 Å². The Balaban J connectivity index is 1.93. The van der Waals surface area contributed by atoms with Crippen molar-refractivity contribution in [2.24, 2.45) is 5.92 Å². The van der Waals surface area contributed by atoms with E-state index in [9.17, 15) is 4.39 Å². The van der Waals surface area contributed by atoms with Gasteiger partial charge in [-0.05, 0) is 75.5 Å². The number of hydrogen-bond acceptors (Lipinski definition) is 3. The van der Waals surface area contributed by atoms with Crippen molar-refractivity contribution in [3.8, 4) is 11.4 Å². The van der Waals surface area contributed by atoms with Crippen molar-refractivity contribution in [1.29, 1.82) is 0 Å². The van der Waals surface area contributed by atoms with Gasteiger partial charge in [-0.3, -0.25) is 0 Å². The maximum atomic E-state index is 13.0. The van der Waals surface area contributed by atoms with Crippen LogP contribution in [0.2, 0.25) is 0 Å². The molecule has 0 aliphatic heterocycles. The maximum Gasteiger partial charge on any atom is 0.159 e. The van der Waals surface area contributed by atoms with Gasteiger partial charge in [0.15, 0.2) is 5.82 Å². The van der Waals surface area contributed by atoms with Crippen molar-refractivity contribution >= 4 is 0 Å². The zero-order valence-electron chi connectivity index (χ0n) is 12.5. The zero-order valence-corrected chi connectivity index (χ0v) is 12.5. The van der Waals surface area contributed by atoms with Crippen molar-refractivity contribution in [2.45, 2.75) is 26.2 Å². The molecule has 1 N–H and O–H groups in total. The molecule has 1 aromatic heterocycles. The highest BCUT2D eigenvalue weighted by Gasteiger charge is 2.22. The van der Waals surface area contributed by atoms with Crippen LogP contribution in [0.1, 0.15) is 23.4 Å². The third-order valence-electron chi connectivity index (χ3n) is 4.18. The molecular formula is C17H20FN3. The number of aryl methyl sites for hydroxylation is 2. The molecule has 1 unspecified atom stereocenters. The third-order valence-corrected chi connectivity index (χ3v) is 4.18. The Morgan fingerprint density at radius 1 is 1.24 bits per heavy atom. The second-order valence-corrected chi connectivity index (χ2v) is 5.73. The van der Waals surface area contributed by atoms with Gasteiger partial charge in [0, 0.05) is 17.0 Å². The molecule has 1 aromatic carbocycles. The lowest BCUT2D eigenvalue weighted by Gasteiger charge is -2.25. The molecule has 0 saturated carbocycles. The maximum absolute atomic E-state index is 13.0. The summed E-state index contributed by atoms with van der Waals surface area (Å²) in [5.41, 5.74) is 4.39. The van der Waals surface area contributed by atoms with E-state index in [2.05, 4.69) is 17.2 Å². The number of fused-ring (bicyclic) bond motifs is 1. The first kappa shape index (κ1) is 14.1. The predicted octanol–water partition coefficient (Wildman–Crippen LogP) is 2.92. The Hall–Kier alpha value is -1.81. The van der Waals surface area contributed by atoms with Gasteiger partial charge in [-0.25, -0.2) is 14.4 Å². The Kier molecular flexibility index (Phi) is 3.97. The minimum atomic E-state index is -0.233. The third kappa shape index (κ3) is 2.95. The Morgan fingerprint density at radius 3 is 2.71 bits per heavy atom. The molecule has 0 bridgehead atoms. The van der Waals surface area contributed by atoms with Crippen molar-refractivity contribution < 1.29 is 4.39 Å². The van der Waals surface area contributed by atoms with E-state index in [1.807, 2.05) is 7.05 Å². The number of benzene rings is 1. The predicted molar refractivity (Wildman–Crippen MR) is 81.6 cm³/mol. The average Bonchev–Trinajstić information content (AvgIpc) is 2.49. The van der Waals surface area contributed by atoms with E-state index in [1.165, 1.54) is 17.7 Å². The average molecular weight is 285 g/mol. The molecule has 0 fully saturated rings. The molecule has 0 saturated heterocycles. The molecule has 2 aromatic rings. The van der Waals surface area contributed by atoms with Crippen LogP contribution >= 0.6 is 0 Å². The van der Waals surface area contributed by atoms with E-state index in [4.69, 9.17) is 4.98 Å². The van der Waals surface area contributed by atoms with Crippen molar-refractivity contribution in [2.75, 3.05) is 13.6 Å². The fourth-order valence-corrected chi connectivity index (χ4v) is 3.05. The lowest BCUT2D eigenvalue weighted by Crippen LogP contribution is -2.26. The molecule has 0 radical (unpaired) electrons. The summed E-state index contributed by atoms with van der Waals surface area (Å²) in [6.45, 7) is 3.09. The summed E-state index contributed by atoms with van der Waals surface area (Å²) in [5, 5.41) is 3.25. The number of hydrogen-bond donors (Lipinski definition) is 1. The lowest BCUT2D eigenvalue weighted by atomic mass is 9.85. The molecule has 3 nitrogen and oxygen atoms in total. The van der Waals surface area contributed by atoms with Crippen LogP contribution in [0.5, 0.6) is 0 Å². The summed E-state index contributed by atoms with van der Waals surface area (Å²) in [7, 11) is 2.00. The molecule has 21 heavy (non-hydrogen) atoms. The summed E-state index contributed by atoms with van der Waals surface area (Å²) >= 11 is 0. The monoisotopic (exact) mass is 285 g/mol. The summed E-state index contributed by atoms with van der Waals surface area (Å²) in [5.74, 6) is 1.14. The summed E-state index contributed by atoms with van der Waals surface area (Å²) in [6, 6.07) is 6.39. The van der Waals surface area contributed by atoms with Crippen molar-refractivity contribution in [3.05, 3.63) is 47.0 Å². The fraction of sp³-hybridized carbons (Fsp3) is 0.412. The highest BCUT2D eigenvalue weighted by molar-refractivity contribution is 5.55. The van der Waals surface area contributed by atoms with Crippen LogP contribution in [0.3, 0.4) is 0 Å². The van der Waals surface area contributed by atoms with Crippen LogP contribution in [-0.2, 0) is 12.8 Å². The smallest absolute Gasteiger partial charge is 0.159 e. The summed E-state index contributed by atoms with van der Waals surface area (Å²) < 4.78 is 13.0. The quantitative estimate of drug-likeness (QED) is 0.942. The van der Waals surface area contributed by atoms with E-state index in [0.29, 0.717) is 11.7 Å². The zero-order chi connectivity index (χ0) is 14.8. The van der Waals surface area contributed by atoms with Gasteiger partial charge in [0.2, 0.25) is 0 Å². The van der Waals surface area contributed by atoms with E-state index in [-0.39, 0.29) is 5.82 Å². The topological polar surface area (TPSA) is 37.8 Å². The summed E-state index contributed by atoms with van der Waals surface area (Å²) in [4.78, 5) is 9.34. The minimum Gasteiger partial charge on any atom is -0.319 e. The largest absolute Gasteiger partial charge is 0.319 e.